The second-order valence-corrected chi connectivity index (χ2v) is 4.27. The third kappa shape index (κ3) is 2.63. The number of alkyl halides is 2. The maximum Gasteiger partial charge on any atom is 0.256 e. The van der Waals surface area contributed by atoms with Gasteiger partial charge in [-0.3, -0.25) is 4.79 Å². The molecule has 0 N–H and O–H groups in total. The van der Waals surface area contributed by atoms with Crippen LogP contribution in [0, 0.1) is 11.6 Å². The van der Waals surface area contributed by atoms with Gasteiger partial charge in [-0.15, -0.1) is 0 Å². The predicted octanol–water partition coefficient (Wildman–Crippen LogP) is 2.84. The monoisotopic (exact) mass is 261 g/mol. The van der Waals surface area contributed by atoms with Crippen molar-refractivity contribution in [3.63, 3.8) is 0 Å². The summed E-state index contributed by atoms with van der Waals surface area (Å²) in [7, 11) is 0. The van der Waals surface area contributed by atoms with Gasteiger partial charge in [-0.1, -0.05) is 0 Å². The molecule has 0 bridgehead atoms. The van der Waals surface area contributed by atoms with E-state index in [1.54, 1.807) is 0 Å². The lowest BCUT2D eigenvalue weighted by Crippen LogP contribution is -2.43. The van der Waals surface area contributed by atoms with Crippen molar-refractivity contribution >= 4 is 5.91 Å². The predicted molar refractivity (Wildman–Crippen MR) is 56.4 cm³/mol. The molecule has 1 heterocycles. The van der Waals surface area contributed by atoms with E-state index in [1.807, 2.05) is 0 Å². The van der Waals surface area contributed by atoms with Crippen LogP contribution in [0.25, 0.3) is 0 Å². The zero-order chi connectivity index (χ0) is 13.3. The second-order valence-electron chi connectivity index (χ2n) is 4.27. The first-order valence-electron chi connectivity index (χ1n) is 5.51. The molecule has 0 aromatic heterocycles. The van der Waals surface area contributed by atoms with Crippen molar-refractivity contribution in [1.82, 2.24) is 4.90 Å². The SMILES string of the molecule is O=C(c1ccc(F)cc1F)N1CCC(F)(F)CC1. The highest BCUT2D eigenvalue weighted by atomic mass is 19.3. The summed E-state index contributed by atoms with van der Waals surface area (Å²) in [6.45, 7) is -0.245. The molecule has 0 atom stereocenters. The Morgan fingerprint density at radius 1 is 1.17 bits per heavy atom. The van der Waals surface area contributed by atoms with Gasteiger partial charge >= 0.3 is 0 Å². The topological polar surface area (TPSA) is 20.3 Å². The van der Waals surface area contributed by atoms with Crippen molar-refractivity contribution in [1.29, 1.82) is 0 Å². The third-order valence-corrected chi connectivity index (χ3v) is 2.94. The van der Waals surface area contributed by atoms with Gasteiger partial charge in [-0.05, 0) is 12.1 Å². The Morgan fingerprint density at radius 2 is 1.78 bits per heavy atom. The molecule has 0 radical (unpaired) electrons. The Labute approximate surface area is 101 Å². The zero-order valence-corrected chi connectivity index (χ0v) is 9.43. The van der Waals surface area contributed by atoms with E-state index in [1.165, 1.54) is 0 Å². The van der Waals surface area contributed by atoms with Gasteiger partial charge in [0.15, 0.2) is 0 Å². The van der Waals surface area contributed by atoms with Gasteiger partial charge in [0.05, 0.1) is 5.56 Å². The number of rotatable bonds is 1. The van der Waals surface area contributed by atoms with Crippen LogP contribution in [-0.4, -0.2) is 29.8 Å². The highest BCUT2D eigenvalue weighted by Gasteiger charge is 2.36. The quantitative estimate of drug-likeness (QED) is 0.712. The van der Waals surface area contributed by atoms with Gasteiger partial charge in [0.25, 0.3) is 11.8 Å². The van der Waals surface area contributed by atoms with Gasteiger partial charge in [0, 0.05) is 32.0 Å². The number of halogens is 4. The van der Waals surface area contributed by atoms with Gasteiger partial charge < -0.3 is 4.90 Å². The Hall–Kier alpha value is -1.59. The van der Waals surface area contributed by atoms with Crippen LogP contribution < -0.4 is 0 Å². The van der Waals surface area contributed by atoms with Crippen LogP contribution in [0.2, 0.25) is 0 Å². The molecule has 0 spiro atoms. The molecule has 1 amide bonds. The summed E-state index contributed by atoms with van der Waals surface area (Å²) in [6, 6.07) is 2.60. The molecule has 98 valence electrons. The first kappa shape index (κ1) is 12.9. The fourth-order valence-corrected chi connectivity index (χ4v) is 1.87. The maximum absolute atomic E-state index is 13.4. The van der Waals surface area contributed by atoms with Crippen LogP contribution in [0.5, 0.6) is 0 Å². The molecule has 2 nitrogen and oxygen atoms in total. The summed E-state index contributed by atoms with van der Waals surface area (Å²) < 4.78 is 51.9. The van der Waals surface area contributed by atoms with E-state index in [4.69, 9.17) is 0 Å². The van der Waals surface area contributed by atoms with Crippen LogP contribution in [0.15, 0.2) is 18.2 Å². The number of carbonyl (C=O) groups excluding carboxylic acids is 1. The molecule has 18 heavy (non-hydrogen) atoms. The summed E-state index contributed by atoms with van der Waals surface area (Å²) in [5, 5.41) is 0. The molecule has 1 aromatic carbocycles. The number of carbonyl (C=O) groups is 1. The van der Waals surface area contributed by atoms with Crippen LogP contribution >= 0.6 is 0 Å². The van der Waals surface area contributed by atoms with E-state index in [-0.39, 0.29) is 18.7 Å². The number of hydrogen-bond donors (Lipinski definition) is 0. The molecule has 1 aliphatic heterocycles. The molecule has 1 fully saturated rings. The molecule has 6 heteroatoms. The third-order valence-electron chi connectivity index (χ3n) is 2.94. The van der Waals surface area contributed by atoms with Crippen molar-refractivity contribution in [3.05, 3.63) is 35.4 Å². The number of amides is 1. The minimum Gasteiger partial charge on any atom is -0.338 e. The maximum atomic E-state index is 13.4. The number of likely N-dealkylation sites (tertiary alicyclic amines) is 1. The Bertz CT molecular complexity index is 465. The summed E-state index contributed by atoms with van der Waals surface area (Å²) in [5.41, 5.74) is -0.290. The fraction of sp³-hybridized carbons (Fsp3) is 0.417. The summed E-state index contributed by atoms with van der Waals surface area (Å²) in [4.78, 5) is 13.0. The first-order chi connectivity index (χ1) is 8.39. The standard InChI is InChI=1S/C12H11F4NO/c13-8-1-2-9(10(14)7-8)11(18)17-5-3-12(15,16)4-6-17/h1-2,7H,3-6H2. The van der Waals surface area contributed by atoms with Gasteiger partial charge in [-0.2, -0.15) is 0 Å². The van der Waals surface area contributed by atoms with E-state index < -0.39 is 36.3 Å². The highest BCUT2D eigenvalue weighted by Crippen LogP contribution is 2.28. The Kier molecular flexibility index (Phi) is 3.28. The fourth-order valence-electron chi connectivity index (χ4n) is 1.87. The first-order valence-corrected chi connectivity index (χ1v) is 5.51. The summed E-state index contributed by atoms with van der Waals surface area (Å²) >= 11 is 0. The molecule has 0 aliphatic carbocycles. The molecule has 2 rings (SSSR count). The minimum atomic E-state index is -2.77. The molecular formula is C12H11F4NO. The van der Waals surface area contributed by atoms with Crippen molar-refractivity contribution in [3.8, 4) is 0 Å². The molecule has 0 saturated carbocycles. The van der Waals surface area contributed by atoms with Gasteiger partial charge in [-0.25, -0.2) is 17.6 Å². The number of piperidine rings is 1. The van der Waals surface area contributed by atoms with Crippen molar-refractivity contribution in [2.24, 2.45) is 0 Å². The number of nitrogens with zero attached hydrogens (tertiary/aromatic N) is 1. The van der Waals surface area contributed by atoms with Crippen LogP contribution in [0.3, 0.4) is 0 Å². The lowest BCUT2D eigenvalue weighted by atomic mass is 10.1. The highest BCUT2D eigenvalue weighted by molar-refractivity contribution is 5.94. The van der Waals surface area contributed by atoms with Crippen molar-refractivity contribution in [2.75, 3.05) is 13.1 Å². The summed E-state index contributed by atoms with van der Waals surface area (Å²) in [5.74, 6) is -5.20. The van der Waals surface area contributed by atoms with Crippen LogP contribution in [0.1, 0.15) is 23.2 Å². The van der Waals surface area contributed by atoms with Crippen molar-refractivity contribution in [2.45, 2.75) is 18.8 Å². The van der Waals surface area contributed by atoms with Crippen molar-refractivity contribution < 1.29 is 22.4 Å². The largest absolute Gasteiger partial charge is 0.338 e. The molecule has 0 unspecified atom stereocenters. The lowest BCUT2D eigenvalue weighted by molar-refractivity contribution is -0.0494. The average molecular weight is 261 g/mol. The number of benzene rings is 1. The molecule has 1 saturated heterocycles. The normalized spacial score (nSPS) is 18.8. The summed E-state index contributed by atoms with van der Waals surface area (Å²) in [6.07, 6.45) is -0.858. The minimum absolute atomic E-state index is 0.122. The smallest absolute Gasteiger partial charge is 0.256 e. The van der Waals surface area contributed by atoms with Crippen LogP contribution in [-0.2, 0) is 0 Å². The number of hydrogen-bond acceptors (Lipinski definition) is 1. The molecular weight excluding hydrogens is 250 g/mol. The van der Waals surface area contributed by atoms with E-state index in [2.05, 4.69) is 0 Å². The average Bonchev–Trinajstić information content (AvgIpc) is 2.28. The Morgan fingerprint density at radius 3 is 2.33 bits per heavy atom. The van der Waals surface area contributed by atoms with Gasteiger partial charge in [0.2, 0.25) is 0 Å². The molecule has 1 aliphatic rings. The zero-order valence-electron chi connectivity index (χ0n) is 9.43. The van der Waals surface area contributed by atoms with E-state index in [9.17, 15) is 22.4 Å². The van der Waals surface area contributed by atoms with Crippen LogP contribution in [0.4, 0.5) is 17.6 Å². The van der Waals surface area contributed by atoms with E-state index >= 15 is 0 Å². The van der Waals surface area contributed by atoms with E-state index in [0.717, 1.165) is 17.0 Å². The molecule has 1 aromatic rings. The lowest BCUT2D eigenvalue weighted by Gasteiger charge is -2.31. The van der Waals surface area contributed by atoms with Gasteiger partial charge in [0.1, 0.15) is 11.6 Å². The van der Waals surface area contributed by atoms with E-state index in [0.29, 0.717) is 6.07 Å². The Balaban J connectivity index is 2.13. The second kappa shape index (κ2) is 4.59.